The second-order valence-electron chi connectivity index (χ2n) is 7.48. The Hall–Kier alpha value is -1.56. The molecular weight excluding hydrogens is 376 g/mol. The van der Waals surface area contributed by atoms with Crippen LogP contribution in [0.5, 0.6) is 0 Å². The van der Waals surface area contributed by atoms with Crippen molar-refractivity contribution in [1.29, 1.82) is 0 Å². The Morgan fingerprint density at radius 2 is 1.93 bits per heavy atom. The molecule has 9 atom stereocenters. The molecule has 0 aromatic heterocycles. The lowest BCUT2D eigenvalue weighted by molar-refractivity contribution is -0.343. The van der Waals surface area contributed by atoms with Crippen molar-refractivity contribution < 1.29 is 49.0 Å². The van der Waals surface area contributed by atoms with Crippen LogP contribution in [0.2, 0.25) is 0 Å². The highest BCUT2D eigenvalue weighted by atomic mass is 16.8. The number of hydrogen-bond acceptors (Lipinski definition) is 10. The maximum absolute atomic E-state index is 12.5. The maximum Gasteiger partial charge on any atom is 0.340 e. The average molecular weight is 402 g/mol. The molecule has 0 amide bonds. The summed E-state index contributed by atoms with van der Waals surface area (Å²) in [5, 5.41) is 41.3. The summed E-state index contributed by atoms with van der Waals surface area (Å²) in [6.45, 7) is 3.43. The van der Waals surface area contributed by atoms with E-state index in [4.69, 9.17) is 14.2 Å². The molecule has 2 aliphatic heterocycles. The minimum Gasteiger partial charge on any atom is -0.471 e. The summed E-state index contributed by atoms with van der Waals surface area (Å²) in [7, 11) is 1.12. The minimum absolute atomic E-state index is 0.00821. The van der Waals surface area contributed by atoms with Gasteiger partial charge in [0.25, 0.3) is 0 Å². The van der Waals surface area contributed by atoms with Crippen LogP contribution in [0, 0.1) is 11.8 Å². The molecule has 2 unspecified atom stereocenters. The molecule has 3 aliphatic rings. The van der Waals surface area contributed by atoms with Crippen molar-refractivity contribution in [2.45, 2.75) is 69.3 Å². The third-order valence-corrected chi connectivity index (χ3v) is 5.80. The van der Waals surface area contributed by atoms with Gasteiger partial charge in [0.2, 0.25) is 6.29 Å². The number of carbonyl (C=O) groups excluding carboxylic acids is 2. The summed E-state index contributed by atoms with van der Waals surface area (Å²) in [5.41, 5.74) is -2.47. The fraction of sp³-hybridized carbons (Fsp3) is 0.778. The van der Waals surface area contributed by atoms with Gasteiger partial charge in [0, 0.05) is 6.42 Å². The van der Waals surface area contributed by atoms with Gasteiger partial charge in [-0.15, -0.1) is 0 Å². The van der Waals surface area contributed by atoms with Gasteiger partial charge < -0.3 is 39.4 Å². The van der Waals surface area contributed by atoms with Crippen LogP contribution in [0.25, 0.3) is 0 Å². The smallest absolute Gasteiger partial charge is 0.340 e. The van der Waals surface area contributed by atoms with Crippen molar-refractivity contribution in [2.75, 3.05) is 7.11 Å². The van der Waals surface area contributed by atoms with Crippen LogP contribution in [0.15, 0.2) is 11.8 Å². The molecule has 0 bridgehead atoms. The van der Waals surface area contributed by atoms with Crippen molar-refractivity contribution in [1.82, 2.24) is 0 Å². The van der Waals surface area contributed by atoms with Gasteiger partial charge >= 0.3 is 5.97 Å². The predicted octanol–water partition coefficient (Wildman–Crippen LogP) is -1.41. The second-order valence-corrected chi connectivity index (χ2v) is 7.48. The van der Waals surface area contributed by atoms with E-state index < -0.39 is 66.2 Å². The van der Waals surface area contributed by atoms with Crippen LogP contribution >= 0.6 is 0 Å². The van der Waals surface area contributed by atoms with E-state index in [1.54, 1.807) is 13.8 Å². The van der Waals surface area contributed by atoms with Crippen molar-refractivity contribution in [3.05, 3.63) is 11.8 Å². The molecule has 0 spiro atoms. The number of aliphatic hydroxyl groups excluding tert-OH is 3. The second kappa shape index (κ2) is 7.69. The van der Waals surface area contributed by atoms with Gasteiger partial charge in [0.15, 0.2) is 17.7 Å². The van der Waals surface area contributed by atoms with Crippen LogP contribution in [0.4, 0.5) is 0 Å². The quantitative estimate of drug-likeness (QED) is 0.413. The number of esters is 1. The highest BCUT2D eigenvalue weighted by molar-refractivity contribution is 6.04. The predicted molar refractivity (Wildman–Crippen MR) is 90.3 cm³/mol. The molecule has 0 aromatic carbocycles. The average Bonchev–Trinajstić information content (AvgIpc) is 2.91. The lowest BCUT2D eigenvalue weighted by Crippen LogP contribution is -2.60. The summed E-state index contributed by atoms with van der Waals surface area (Å²) in [6, 6.07) is 0. The summed E-state index contributed by atoms with van der Waals surface area (Å²) >= 11 is 0. The Balaban J connectivity index is 1.88. The maximum atomic E-state index is 12.5. The Morgan fingerprint density at radius 1 is 1.25 bits per heavy atom. The molecule has 1 aliphatic carbocycles. The fourth-order valence-corrected chi connectivity index (χ4v) is 4.21. The lowest BCUT2D eigenvalue weighted by atomic mass is 9.79. The number of aliphatic hydroxyl groups is 4. The van der Waals surface area contributed by atoms with Crippen molar-refractivity contribution in [3.63, 3.8) is 0 Å². The Bertz CT molecular complexity index is 661. The highest BCUT2D eigenvalue weighted by Crippen LogP contribution is 2.48. The van der Waals surface area contributed by atoms with Crippen molar-refractivity contribution in [2.24, 2.45) is 11.8 Å². The number of fused-ring (bicyclic) bond motifs is 1. The standard InChI is InChI=1S/C18H26O10/c1-4-9-12(20)13(21)14(22)17(27-9)28-16-11-7(2)5-10(19)18(11,24)8(6-26-16)15(23)25-3/h6-7,9,11-14,16-17,20-22,24H,4-5H2,1-3H3/t7?,9-,11?,12-,13+,14-,16+,17+,18+/m1/s1. The molecule has 1 saturated carbocycles. The molecule has 28 heavy (non-hydrogen) atoms. The van der Waals surface area contributed by atoms with Gasteiger partial charge in [-0.2, -0.15) is 0 Å². The van der Waals surface area contributed by atoms with Crippen molar-refractivity contribution >= 4 is 11.8 Å². The SMILES string of the molecule is CC[C@H]1O[C@@H](O[C@@H]2OC=C(C(=O)OC)[C@]3(O)C(=O)CC(C)C23)[C@H](O)[C@@H](O)[C@@H]1O. The first-order valence-corrected chi connectivity index (χ1v) is 9.21. The molecule has 2 heterocycles. The van der Waals surface area contributed by atoms with Gasteiger partial charge in [0.1, 0.15) is 30.1 Å². The third-order valence-electron chi connectivity index (χ3n) is 5.80. The van der Waals surface area contributed by atoms with Crippen LogP contribution < -0.4 is 0 Å². The van der Waals surface area contributed by atoms with Gasteiger partial charge in [-0.05, 0) is 12.3 Å². The molecule has 10 heteroatoms. The van der Waals surface area contributed by atoms with E-state index >= 15 is 0 Å². The Kier molecular flexibility index (Phi) is 5.81. The number of Topliss-reactive ketones (excluding diaryl/α,β-unsaturated/α-hetero) is 1. The zero-order chi connectivity index (χ0) is 20.8. The topological polar surface area (TPSA) is 152 Å². The van der Waals surface area contributed by atoms with Gasteiger partial charge in [0.05, 0.1) is 19.1 Å². The minimum atomic E-state index is -2.16. The first-order chi connectivity index (χ1) is 13.2. The molecule has 2 fully saturated rings. The van der Waals surface area contributed by atoms with E-state index in [-0.39, 0.29) is 12.0 Å². The summed E-state index contributed by atoms with van der Waals surface area (Å²) in [6.07, 6.45) is -6.50. The highest BCUT2D eigenvalue weighted by Gasteiger charge is 2.63. The fourth-order valence-electron chi connectivity index (χ4n) is 4.21. The number of methoxy groups -OCH3 is 1. The van der Waals surface area contributed by atoms with E-state index in [2.05, 4.69) is 4.74 Å². The van der Waals surface area contributed by atoms with Crippen LogP contribution in [0.3, 0.4) is 0 Å². The molecule has 0 radical (unpaired) electrons. The molecule has 3 rings (SSSR count). The first kappa shape index (κ1) is 21.2. The number of ketones is 1. The summed E-state index contributed by atoms with van der Waals surface area (Å²) in [4.78, 5) is 24.5. The van der Waals surface area contributed by atoms with Gasteiger partial charge in [-0.1, -0.05) is 13.8 Å². The zero-order valence-electron chi connectivity index (χ0n) is 15.8. The number of rotatable bonds is 4. The van der Waals surface area contributed by atoms with Crippen LogP contribution in [-0.2, 0) is 28.5 Å². The van der Waals surface area contributed by atoms with E-state index in [1.807, 2.05) is 0 Å². The van der Waals surface area contributed by atoms with Gasteiger partial charge in [-0.3, -0.25) is 4.79 Å². The van der Waals surface area contributed by atoms with E-state index in [0.29, 0.717) is 6.42 Å². The monoisotopic (exact) mass is 402 g/mol. The number of ether oxygens (including phenoxy) is 4. The molecule has 0 aromatic rings. The Labute approximate surface area is 161 Å². The van der Waals surface area contributed by atoms with E-state index in [0.717, 1.165) is 13.4 Å². The number of carbonyl (C=O) groups is 2. The van der Waals surface area contributed by atoms with E-state index in [1.165, 1.54) is 0 Å². The van der Waals surface area contributed by atoms with Crippen LogP contribution in [0.1, 0.15) is 26.7 Å². The Morgan fingerprint density at radius 3 is 2.54 bits per heavy atom. The number of hydrogen-bond donors (Lipinski definition) is 4. The molecule has 1 saturated heterocycles. The van der Waals surface area contributed by atoms with E-state index in [9.17, 15) is 30.0 Å². The normalized spacial score (nSPS) is 45.8. The first-order valence-electron chi connectivity index (χ1n) is 9.21. The summed E-state index contributed by atoms with van der Waals surface area (Å²) in [5.74, 6) is -2.83. The molecule has 4 N–H and O–H groups in total. The molecular formula is C18H26O10. The largest absolute Gasteiger partial charge is 0.471 e. The molecule has 10 nitrogen and oxygen atoms in total. The third kappa shape index (κ3) is 3.14. The molecule has 158 valence electrons. The van der Waals surface area contributed by atoms with Gasteiger partial charge in [-0.25, -0.2) is 4.79 Å². The van der Waals surface area contributed by atoms with Crippen molar-refractivity contribution in [3.8, 4) is 0 Å². The summed E-state index contributed by atoms with van der Waals surface area (Å²) < 4.78 is 21.3. The lowest BCUT2D eigenvalue weighted by Gasteiger charge is -2.44. The zero-order valence-corrected chi connectivity index (χ0v) is 15.8. The van der Waals surface area contributed by atoms with Crippen LogP contribution in [-0.4, -0.2) is 81.9 Å².